The number of rotatable bonds is 4. The third kappa shape index (κ3) is 2.59. The molecule has 2 N–H and O–H groups in total. The van der Waals surface area contributed by atoms with E-state index in [1.54, 1.807) is 11.3 Å². The Morgan fingerprint density at radius 2 is 2.33 bits per heavy atom. The molecule has 2 nitrogen and oxygen atoms in total. The lowest BCUT2D eigenvalue weighted by Crippen LogP contribution is -2.36. The van der Waals surface area contributed by atoms with Crippen molar-refractivity contribution in [2.45, 2.75) is 12.5 Å². The summed E-state index contributed by atoms with van der Waals surface area (Å²) in [4.78, 5) is 3.60. The molecule has 0 unspecified atom stereocenters. The van der Waals surface area contributed by atoms with Gasteiger partial charge in [0.2, 0.25) is 0 Å². The van der Waals surface area contributed by atoms with Crippen LogP contribution in [-0.2, 0) is 6.42 Å². The van der Waals surface area contributed by atoms with Crippen LogP contribution in [0.5, 0.6) is 0 Å². The fourth-order valence-corrected chi connectivity index (χ4v) is 1.92. The SMILES string of the molecule is CN(C)[C@H](CN)Cc1cccs1. The molecule has 1 heterocycles. The zero-order valence-corrected chi connectivity index (χ0v) is 8.47. The van der Waals surface area contributed by atoms with Gasteiger partial charge in [-0.3, -0.25) is 0 Å². The van der Waals surface area contributed by atoms with Crippen molar-refractivity contribution in [3.05, 3.63) is 22.4 Å². The minimum Gasteiger partial charge on any atom is -0.329 e. The van der Waals surface area contributed by atoms with Crippen molar-refractivity contribution in [3.8, 4) is 0 Å². The molecule has 12 heavy (non-hydrogen) atoms. The van der Waals surface area contributed by atoms with E-state index in [1.807, 2.05) is 0 Å². The van der Waals surface area contributed by atoms with Gasteiger partial charge in [0.15, 0.2) is 0 Å². The maximum atomic E-state index is 5.65. The van der Waals surface area contributed by atoms with Crippen LogP contribution < -0.4 is 5.73 Å². The third-order valence-electron chi connectivity index (χ3n) is 2.02. The van der Waals surface area contributed by atoms with Gasteiger partial charge in [-0.25, -0.2) is 0 Å². The summed E-state index contributed by atoms with van der Waals surface area (Å²) in [5, 5.41) is 2.11. The topological polar surface area (TPSA) is 29.3 Å². The summed E-state index contributed by atoms with van der Waals surface area (Å²) in [5.41, 5.74) is 5.65. The molecule has 1 atom stereocenters. The predicted octanol–water partition coefficient (Wildman–Crippen LogP) is 1.18. The molecule has 0 amide bonds. The van der Waals surface area contributed by atoms with E-state index in [4.69, 9.17) is 5.73 Å². The smallest absolute Gasteiger partial charge is 0.0260 e. The molecule has 3 heteroatoms. The van der Waals surface area contributed by atoms with Crippen molar-refractivity contribution in [1.82, 2.24) is 4.90 Å². The lowest BCUT2D eigenvalue weighted by Gasteiger charge is -2.21. The zero-order valence-electron chi connectivity index (χ0n) is 7.66. The second kappa shape index (κ2) is 4.60. The van der Waals surface area contributed by atoms with Crippen LogP contribution in [0.3, 0.4) is 0 Å². The Kier molecular flexibility index (Phi) is 3.72. The normalized spacial score (nSPS) is 13.7. The molecule has 0 radical (unpaired) electrons. The first kappa shape index (κ1) is 9.71. The van der Waals surface area contributed by atoms with Gasteiger partial charge in [0.25, 0.3) is 0 Å². The molecule has 1 aromatic rings. The molecule has 0 bridgehead atoms. The average Bonchev–Trinajstić information content (AvgIpc) is 2.51. The minimum absolute atomic E-state index is 0.476. The van der Waals surface area contributed by atoms with Crippen LogP contribution in [0, 0.1) is 0 Å². The summed E-state index contributed by atoms with van der Waals surface area (Å²) in [6.45, 7) is 0.727. The molecule has 0 aliphatic heterocycles. The van der Waals surface area contributed by atoms with Gasteiger partial charge in [-0.15, -0.1) is 11.3 Å². The van der Waals surface area contributed by atoms with E-state index in [0.717, 1.165) is 13.0 Å². The van der Waals surface area contributed by atoms with Gasteiger partial charge in [0, 0.05) is 17.5 Å². The quantitative estimate of drug-likeness (QED) is 0.761. The van der Waals surface area contributed by atoms with Crippen LogP contribution in [0.2, 0.25) is 0 Å². The first-order valence-electron chi connectivity index (χ1n) is 4.13. The molecule has 1 rings (SSSR count). The fourth-order valence-electron chi connectivity index (χ4n) is 1.14. The van der Waals surface area contributed by atoms with Crippen molar-refractivity contribution in [2.24, 2.45) is 5.73 Å². The Morgan fingerprint density at radius 1 is 1.58 bits per heavy atom. The molecular formula is C9H16N2S. The Bertz CT molecular complexity index is 206. The van der Waals surface area contributed by atoms with E-state index in [1.165, 1.54) is 4.88 Å². The number of nitrogens with zero attached hydrogens (tertiary/aromatic N) is 1. The van der Waals surface area contributed by atoms with Crippen LogP contribution in [0.4, 0.5) is 0 Å². The van der Waals surface area contributed by atoms with Crippen LogP contribution in [-0.4, -0.2) is 31.6 Å². The Balaban J connectivity index is 2.48. The highest BCUT2D eigenvalue weighted by Crippen LogP contribution is 2.12. The number of nitrogens with two attached hydrogens (primary N) is 1. The highest BCUT2D eigenvalue weighted by Gasteiger charge is 2.09. The van der Waals surface area contributed by atoms with Crippen molar-refractivity contribution in [2.75, 3.05) is 20.6 Å². The molecular weight excluding hydrogens is 168 g/mol. The summed E-state index contributed by atoms with van der Waals surface area (Å²) >= 11 is 1.80. The molecule has 0 aliphatic carbocycles. The maximum Gasteiger partial charge on any atom is 0.0260 e. The van der Waals surface area contributed by atoms with Gasteiger partial charge >= 0.3 is 0 Å². The molecule has 0 saturated carbocycles. The zero-order chi connectivity index (χ0) is 8.97. The van der Waals surface area contributed by atoms with Gasteiger partial charge in [-0.2, -0.15) is 0 Å². The minimum atomic E-state index is 0.476. The number of hydrogen-bond donors (Lipinski definition) is 1. The maximum absolute atomic E-state index is 5.65. The lowest BCUT2D eigenvalue weighted by atomic mass is 10.1. The highest BCUT2D eigenvalue weighted by atomic mass is 32.1. The molecule has 0 spiro atoms. The third-order valence-corrected chi connectivity index (χ3v) is 2.92. The van der Waals surface area contributed by atoms with Gasteiger partial charge in [0.05, 0.1) is 0 Å². The summed E-state index contributed by atoms with van der Waals surface area (Å²) in [5.74, 6) is 0. The number of likely N-dealkylation sites (N-methyl/N-ethyl adjacent to an activating group) is 1. The first-order valence-corrected chi connectivity index (χ1v) is 5.01. The second-order valence-electron chi connectivity index (χ2n) is 3.14. The monoisotopic (exact) mass is 184 g/mol. The Hall–Kier alpha value is -0.380. The summed E-state index contributed by atoms with van der Waals surface area (Å²) in [7, 11) is 4.15. The van der Waals surface area contributed by atoms with Crippen LogP contribution in [0.15, 0.2) is 17.5 Å². The summed E-state index contributed by atoms with van der Waals surface area (Å²) in [6, 6.07) is 4.73. The van der Waals surface area contributed by atoms with Crippen LogP contribution in [0.25, 0.3) is 0 Å². The molecule has 0 aromatic carbocycles. The van der Waals surface area contributed by atoms with Gasteiger partial charge in [-0.1, -0.05) is 6.07 Å². The first-order chi connectivity index (χ1) is 5.74. The number of thiophene rings is 1. The van der Waals surface area contributed by atoms with Gasteiger partial charge < -0.3 is 10.6 Å². The molecule has 68 valence electrons. The highest BCUT2D eigenvalue weighted by molar-refractivity contribution is 7.09. The predicted molar refractivity (Wildman–Crippen MR) is 54.6 cm³/mol. The van der Waals surface area contributed by atoms with Crippen molar-refractivity contribution >= 4 is 11.3 Å². The van der Waals surface area contributed by atoms with E-state index in [9.17, 15) is 0 Å². The molecule has 0 fully saturated rings. The van der Waals surface area contributed by atoms with Gasteiger partial charge in [0.1, 0.15) is 0 Å². The van der Waals surface area contributed by atoms with Crippen molar-refractivity contribution in [3.63, 3.8) is 0 Å². The lowest BCUT2D eigenvalue weighted by molar-refractivity contribution is 0.299. The van der Waals surface area contributed by atoms with Gasteiger partial charge in [-0.05, 0) is 32.0 Å². The summed E-state index contributed by atoms with van der Waals surface area (Å²) < 4.78 is 0. The Morgan fingerprint density at radius 3 is 2.75 bits per heavy atom. The van der Waals surface area contributed by atoms with Crippen molar-refractivity contribution in [1.29, 1.82) is 0 Å². The van der Waals surface area contributed by atoms with E-state index in [2.05, 4.69) is 36.5 Å². The van der Waals surface area contributed by atoms with E-state index >= 15 is 0 Å². The Labute approximate surface area is 78.0 Å². The van der Waals surface area contributed by atoms with E-state index in [-0.39, 0.29) is 0 Å². The molecule has 0 saturated heterocycles. The van der Waals surface area contributed by atoms with Crippen LogP contribution >= 0.6 is 11.3 Å². The fraction of sp³-hybridized carbons (Fsp3) is 0.556. The summed E-state index contributed by atoms with van der Waals surface area (Å²) in [6.07, 6.45) is 1.07. The van der Waals surface area contributed by atoms with Crippen molar-refractivity contribution < 1.29 is 0 Å². The molecule has 1 aromatic heterocycles. The van der Waals surface area contributed by atoms with Crippen LogP contribution in [0.1, 0.15) is 4.88 Å². The van der Waals surface area contributed by atoms with E-state index in [0.29, 0.717) is 6.04 Å². The number of hydrogen-bond acceptors (Lipinski definition) is 3. The average molecular weight is 184 g/mol. The van der Waals surface area contributed by atoms with E-state index < -0.39 is 0 Å². The standard InChI is InChI=1S/C9H16N2S/c1-11(2)8(7-10)6-9-4-3-5-12-9/h3-5,8H,6-7,10H2,1-2H3/t8-/m0/s1. The second-order valence-corrected chi connectivity index (χ2v) is 4.17. The molecule has 0 aliphatic rings. The largest absolute Gasteiger partial charge is 0.329 e.